The highest BCUT2D eigenvalue weighted by Crippen LogP contribution is 2.30. The van der Waals surface area contributed by atoms with Crippen molar-refractivity contribution in [3.8, 4) is 0 Å². The monoisotopic (exact) mass is 447 g/mol. The number of benzene rings is 1. The number of carbonyl (C=O) groups is 1. The molecule has 3 aliphatic heterocycles. The van der Waals surface area contributed by atoms with E-state index in [1.807, 2.05) is 12.1 Å². The van der Waals surface area contributed by atoms with E-state index in [4.69, 9.17) is 9.72 Å². The van der Waals surface area contributed by atoms with Crippen molar-refractivity contribution in [3.05, 3.63) is 53.2 Å². The third-order valence-corrected chi connectivity index (χ3v) is 6.53. The second-order valence-corrected chi connectivity index (χ2v) is 8.72. The lowest BCUT2D eigenvalue weighted by atomic mass is 9.90. The number of hydrogen-bond donors (Lipinski definition) is 3. The Morgan fingerprint density at radius 2 is 1.91 bits per heavy atom. The van der Waals surface area contributed by atoms with Gasteiger partial charge >= 0.3 is 0 Å². The highest BCUT2D eigenvalue weighted by molar-refractivity contribution is 6.05. The van der Waals surface area contributed by atoms with E-state index >= 15 is 0 Å². The molecule has 3 aliphatic rings. The van der Waals surface area contributed by atoms with Gasteiger partial charge in [-0.3, -0.25) is 9.69 Å². The van der Waals surface area contributed by atoms with Gasteiger partial charge in [0.05, 0.1) is 18.8 Å². The highest BCUT2D eigenvalue weighted by Gasteiger charge is 2.22. The zero-order chi connectivity index (χ0) is 22.5. The Hall–Kier alpha value is -2.94. The number of nitrogens with zero attached hydrogens (tertiary/aromatic N) is 3. The van der Waals surface area contributed by atoms with Gasteiger partial charge in [0.25, 0.3) is 5.91 Å². The molecule has 3 N–H and O–H groups in total. The smallest absolute Gasteiger partial charge is 0.281 e. The summed E-state index contributed by atoms with van der Waals surface area (Å²) in [6, 6.07) is 10.4. The molecule has 173 valence electrons. The fourth-order valence-corrected chi connectivity index (χ4v) is 4.65. The van der Waals surface area contributed by atoms with Gasteiger partial charge in [-0.2, -0.15) is 0 Å². The van der Waals surface area contributed by atoms with Gasteiger partial charge in [0, 0.05) is 38.1 Å². The summed E-state index contributed by atoms with van der Waals surface area (Å²) in [4.78, 5) is 19.7. The van der Waals surface area contributed by atoms with Crippen molar-refractivity contribution in [1.82, 2.24) is 20.5 Å². The van der Waals surface area contributed by atoms with Gasteiger partial charge in [0.15, 0.2) is 0 Å². The zero-order valence-electron chi connectivity index (χ0n) is 18.8. The molecule has 0 aliphatic carbocycles. The first kappa shape index (κ1) is 21.9. The standard InChI is InChI=1S/C25H31N6O2/c32-25-23-20(7-10-28-25)17-22(27-11-12-31-13-15-33-16-14-31)30-24(23)29-21-3-1-18(2-4-21)19-5-8-26-9-6-19/h1-4,7,10,17,19,26H,5-6,8-9,11-16H2,(H2,27,29,30). The van der Waals surface area contributed by atoms with E-state index in [-0.39, 0.29) is 5.91 Å². The molecule has 2 aromatic rings. The molecular formula is C25H31N6O2. The minimum absolute atomic E-state index is 0.270. The predicted octanol–water partition coefficient (Wildman–Crippen LogP) is 2.77. The summed E-state index contributed by atoms with van der Waals surface area (Å²) in [5.41, 5.74) is 3.62. The van der Waals surface area contributed by atoms with E-state index in [1.165, 1.54) is 18.4 Å². The van der Waals surface area contributed by atoms with Crippen LogP contribution in [-0.4, -0.2) is 68.3 Å². The molecule has 8 nitrogen and oxygen atoms in total. The van der Waals surface area contributed by atoms with E-state index in [1.54, 1.807) is 6.20 Å². The molecule has 0 unspecified atom stereocenters. The molecule has 1 aromatic heterocycles. The Kier molecular flexibility index (Phi) is 6.85. The molecule has 1 radical (unpaired) electrons. The Morgan fingerprint density at radius 1 is 1.12 bits per heavy atom. The first-order valence-corrected chi connectivity index (χ1v) is 11.8. The summed E-state index contributed by atoms with van der Waals surface area (Å²) < 4.78 is 5.42. The first-order valence-electron chi connectivity index (χ1n) is 11.8. The van der Waals surface area contributed by atoms with Crippen LogP contribution in [-0.2, 0) is 4.74 Å². The van der Waals surface area contributed by atoms with Gasteiger partial charge in [0.2, 0.25) is 0 Å². The van der Waals surface area contributed by atoms with Gasteiger partial charge in [-0.25, -0.2) is 10.3 Å². The number of ether oxygens (including phenoxy) is 1. The maximum absolute atomic E-state index is 12.5. The molecule has 0 atom stereocenters. The van der Waals surface area contributed by atoms with Crippen molar-refractivity contribution < 1.29 is 9.53 Å². The number of anilines is 3. The van der Waals surface area contributed by atoms with Gasteiger partial charge in [-0.05, 0) is 67.3 Å². The maximum atomic E-state index is 12.5. The highest BCUT2D eigenvalue weighted by atomic mass is 16.5. The fourth-order valence-electron chi connectivity index (χ4n) is 4.65. The lowest BCUT2D eigenvalue weighted by Gasteiger charge is -2.26. The largest absolute Gasteiger partial charge is 0.379 e. The van der Waals surface area contributed by atoms with Crippen molar-refractivity contribution in [1.29, 1.82) is 0 Å². The van der Waals surface area contributed by atoms with Crippen LogP contribution in [0.3, 0.4) is 0 Å². The van der Waals surface area contributed by atoms with E-state index in [2.05, 4.69) is 50.4 Å². The van der Waals surface area contributed by atoms with Crippen LogP contribution in [0.4, 0.5) is 17.3 Å². The summed E-state index contributed by atoms with van der Waals surface area (Å²) >= 11 is 0. The number of carbonyl (C=O) groups excluding carboxylic acids is 1. The summed E-state index contributed by atoms with van der Waals surface area (Å²) in [5, 5.41) is 14.2. The van der Waals surface area contributed by atoms with E-state index in [0.29, 0.717) is 17.3 Å². The van der Waals surface area contributed by atoms with Gasteiger partial charge in [-0.15, -0.1) is 0 Å². The lowest BCUT2D eigenvalue weighted by molar-refractivity contribution is 0.0398. The Bertz CT molecular complexity index is 995. The van der Waals surface area contributed by atoms with E-state index < -0.39 is 0 Å². The third-order valence-electron chi connectivity index (χ3n) is 6.53. The number of aromatic nitrogens is 1. The first-order chi connectivity index (χ1) is 16.3. The molecule has 0 spiro atoms. The van der Waals surface area contributed by atoms with Crippen molar-refractivity contribution in [2.24, 2.45) is 0 Å². The minimum atomic E-state index is -0.270. The maximum Gasteiger partial charge on any atom is 0.281 e. The topological polar surface area (TPSA) is 92.6 Å². The second-order valence-electron chi connectivity index (χ2n) is 8.72. The molecule has 0 saturated carbocycles. The number of rotatable bonds is 7. The van der Waals surface area contributed by atoms with Crippen LogP contribution in [0, 0.1) is 0 Å². The van der Waals surface area contributed by atoms with Crippen molar-refractivity contribution >= 4 is 29.3 Å². The SMILES string of the molecule is O=C1[N]C=Cc2cc(NCCN3CCOCC3)nc(Nc3ccc(C4CCNCC4)cc3)c21. The molecule has 8 heteroatoms. The predicted molar refractivity (Wildman–Crippen MR) is 130 cm³/mol. The molecular weight excluding hydrogens is 416 g/mol. The number of morpholine rings is 1. The number of pyridine rings is 1. The van der Waals surface area contributed by atoms with Crippen LogP contribution < -0.4 is 21.3 Å². The third kappa shape index (κ3) is 5.35. The van der Waals surface area contributed by atoms with Crippen LogP contribution in [0.25, 0.3) is 6.08 Å². The molecule has 2 saturated heterocycles. The van der Waals surface area contributed by atoms with Crippen molar-refractivity contribution in [3.63, 3.8) is 0 Å². The number of fused-ring (bicyclic) bond motifs is 1. The summed E-state index contributed by atoms with van der Waals surface area (Å²) in [6.45, 7) is 7.34. The van der Waals surface area contributed by atoms with E-state index in [0.717, 1.165) is 69.6 Å². The van der Waals surface area contributed by atoms with Crippen molar-refractivity contribution in [2.75, 3.05) is 63.1 Å². The average molecular weight is 448 g/mol. The van der Waals surface area contributed by atoms with Gasteiger partial charge in [-0.1, -0.05) is 12.1 Å². The fraction of sp³-hybridized carbons (Fsp3) is 0.440. The molecule has 5 rings (SSSR count). The number of nitrogens with one attached hydrogen (secondary N) is 3. The van der Waals surface area contributed by atoms with Gasteiger partial charge < -0.3 is 20.7 Å². The number of hydrogen-bond acceptors (Lipinski definition) is 7. The van der Waals surface area contributed by atoms with E-state index in [9.17, 15) is 4.79 Å². The Balaban J connectivity index is 1.31. The molecule has 1 amide bonds. The molecule has 0 bridgehead atoms. The summed E-state index contributed by atoms with van der Waals surface area (Å²) in [5.74, 6) is 1.62. The molecule has 33 heavy (non-hydrogen) atoms. The minimum Gasteiger partial charge on any atom is -0.379 e. The second kappa shape index (κ2) is 10.3. The van der Waals surface area contributed by atoms with Crippen LogP contribution >= 0.6 is 0 Å². The van der Waals surface area contributed by atoms with Crippen LogP contribution in [0.5, 0.6) is 0 Å². The lowest BCUT2D eigenvalue weighted by Crippen LogP contribution is -2.39. The summed E-state index contributed by atoms with van der Waals surface area (Å²) in [7, 11) is 0. The number of piperidine rings is 1. The Labute approximate surface area is 194 Å². The zero-order valence-corrected chi connectivity index (χ0v) is 18.8. The number of amides is 1. The van der Waals surface area contributed by atoms with Gasteiger partial charge in [0.1, 0.15) is 11.6 Å². The average Bonchev–Trinajstić information content (AvgIpc) is 2.86. The summed E-state index contributed by atoms with van der Waals surface area (Å²) in [6.07, 6.45) is 5.75. The van der Waals surface area contributed by atoms with Crippen LogP contribution in [0.1, 0.15) is 40.2 Å². The van der Waals surface area contributed by atoms with Crippen molar-refractivity contribution in [2.45, 2.75) is 18.8 Å². The Morgan fingerprint density at radius 3 is 2.70 bits per heavy atom. The van der Waals surface area contributed by atoms with Crippen LogP contribution in [0.15, 0.2) is 36.5 Å². The quantitative estimate of drug-likeness (QED) is 0.601. The molecule has 1 aromatic carbocycles. The molecule has 2 fully saturated rings. The normalized spacial score (nSPS) is 19.1. The molecule has 4 heterocycles. The van der Waals surface area contributed by atoms with Crippen LogP contribution in [0.2, 0.25) is 0 Å².